The highest BCUT2D eigenvalue weighted by Gasteiger charge is 2.19. The van der Waals surface area contributed by atoms with E-state index in [9.17, 15) is 9.18 Å². The van der Waals surface area contributed by atoms with Gasteiger partial charge in [-0.1, -0.05) is 30.0 Å². The van der Waals surface area contributed by atoms with Gasteiger partial charge in [0.15, 0.2) is 5.82 Å². The lowest BCUT2D eigenvalue weighted by Crippen LogP contribution is -2.15. The number of hydrogen-bond donors (Lipinski definition) is 1. The van der Waals surface area contributed by atoms with Gasteiger partial charge in [-0.3, -0.25) is 9.78 Å². The molecule has 7 heteroatoms. The van der Waals surface area contributed by atoms with Crippen LogP contribution in [0.1, 0.15) is 12.1 Å². The van der Waals surface area contributed by atoms with Crippen molar-refractivity contribution in [2.24, 2.45) is 10.2 Å². The van der Waals surface area contributed by atoms with Crippen LogP contribution in [0, 0.1) is 5.82 Å². The van der Waals surface area contributed by atoms with Crippen molar-refractivity contribution in [3.63, 3.8) is 0 Å². The first-order valence-corrected chi connectivity index (χ1v) is 7.93. The smallest absolute Gasteiger partial charge is 0.234 e. The van der Waals surface area contributed by atoms with Crippen LogP contribution in [0.5, 0.6) is 0 Å². The summed E-state index contributed by atoms with van der Waals surface area (Å²) >= 11 is 1.29. The maximum absolute atomic E-state index is 13.7. The van der Waals surface area contributed by atoms with E-state index in [1.165, 1.54) is 30.1 Å². The summed E-state index contributed by atoms with van der Waals surface area (Å²) in [5.74, 6) is -0.322. The molecule has 116 valence electrons. The number of para-hydroxylation sites is 1. The van der Waals surface area contributed by atoms with Crippen molar-refractivity contribution < 1.29 is 9.18 Å². The zero-order chi connectivity index (χ0) is 16.1. The highest BCUT2D eigenvalue weighted by Crippen LogP contribution is 2.19. The highest BCUT2D eigenvalue weighted by molar-refractivity contribution is 8.14. The van der Waals surface area contributed by atoms with Gasteiger partial charge in [-0.15, -0.1) is 5.10 Å². The van der Waals surface area contributed by atoms with Crippen molar-refractivity contribution in [2.75, 3.05) is 11.1 Å². The van der Waals surface area contributed by atoms with Crippen molar-refractivity contribution in [2.45, 2.75) is 6.42 Å². The topological polar surface area (TPSA) is 66.7 Å². The molecule has 23 heavy (non-hydrogen) atoms. The molecule has 0 radical (unpaired) electrons. The minimum Gasteiger partial charge on any atom is -0.325 e. The average molecular weight is 328 g/mol. The number of nitrogens with one attached hydrogen (secondary N) is 1. The Balaban J connectivity index is 1.50. The third-order valence-electron chi connectivity index (χ3n) is 3.06. The fourth-order valence-corrected chi connectivity index (χ4v) is 2.71. The molecule has 3 rings (SSSR count). The summed E-state index contributed by atoms with van der Waals surface area (Å²) in [5.41, 5.74) is 1.44. The van der Waals surface area contributed by atoms with Crippen molar-refractivity contribution in [1.29, 1.82) is 0 Å². The standard InChI is InChI=1S/C16H13FN4OS/c17-12-7-4-8-18-16(12)13-9-15(21-20-13)23-10-14(22)19-11-5-2-1-3-6-11/h1-8H,9-10H2,(H,19,22). The number of amides is 1. The van der Waals surface area contributed by atoms with Crippen LogP contribution < -0.4 is 5.32 Å². The van der Waals surface area contributed by atoms with E-state index >= 15 is 0 Å². The Morgan fingerprint density at radius 3 is 2.78 bits per heavy atom. The van der Waals surface area contributed by atoms with Crippen LogP contribution in [-0.2, 0) is 4.79 Å². The van der Waals surface area contributed by atoms with Gasteiger partial charge in [0, 0.05) is 18.3 Å². The molecule has 1 aromatic heterocycles. The fraction of sp³-hybridized carbons (Fsp3) is 0.125. The summed E-state index contributed by atoms with van der Waals surface area (Å²) in [4.78, 5) is 15.9. The number of hydrogen-bond acceptors (Lipinski definition) is 5. The van der Waals surface area contributed by atoms with Crippen molar-refractivity contribution in [3.05, 3.63) is 60.2 Å². The molecule has 1 aromatic carbocycles. The summed E-state index contributed by atoms with van der Waals surface area (Å²) in [6.07, 6.45) is 1.90. The van der Waals surface area contributed by atoms with Crippen LogP contribution in [0.4, 0.5) is 10.1 Å². The monoisotopic (exact) mass is 328 g/mol. The second-order valence-corrected chi connectivity index (χ2v) is 5.80. The Bertz CT molecular complexity index is 777. The molecule has 2 aromatic rings. The van der Waals surface area contributed by atoms with E-state index in [1.54, 1.807) is 0 Å². The van der Waals surface area contributed by atoms with Crippen molar-refractivity contribution >= 4 is 34.1 Å². The molecule has 1 aliphatic heterocycles. The molecule has 1 amide bonds. The SMILES string of the molecule is O=C(CSC1=NN=C(c2ncccc2F)C1)Nc1ccccc1. The van der Waals surface area contributed by atoms with Gasteiger partial charge in [-0.25, -0.2) is 4.39 Å². The molecule has 0 unspecified atom stereocenters. The van der Waals surface area contributed by atoms with E-state index in [0.717, 1.165) is 5.69 Å². The molecule has 0 spiro atoms. The first-order chi connectivity index (χ1) is 11.2. The number of thioether (sulfide) groups is 1. The number of carbonyl (C=O) groups is 1. The van der Waals surface area contributed by atoms with Crippen LogP contribution in [-0.4, -0.2) is 27.4 Å². The van der Waals surface area contributed by atoms with E-state index in [1.807, 2.05) is 30.3 Å². The minimum atomic E-state index is -0.422. The van der Waals surface area contributed by atoms with E-state index in [0.29, 0.717) is 17.2 Å². The van der Waals surface area contributed by atoms with Gasteiger partial charge in [0.1, 0.15) is 10.7 Å². The number of pyridine rings is 1. The first-order valence-electron chi connectivity index (χ1n) is 6.94. The molecule has 0 atom stereocenters. The van der Waals surface area contributed by atoms with Gasteiger partial charge in [0.2, 0.25) is 5.91 Å². The summed E-state index contributed by atoms with van der Waals surface area (Å²) in [6.45, 7) is 0. The van der Waals surface area contributed by atoms with E-state index < -0.39 is 5.82 Å². The van der Waals surface area contributed by atoms with Crippen LogP contribution in [0.25, 0.3) is 0 Å². The van der Waals surface area contributed by atoms with Crippen LogP contribution >= 0.6 is 11.8 Å². The molecule has 1 N–H and O–H groups in total. The van der Waals surface area contributed by atoms with Gasteiger partial charge in [0.05, 0.1) is 11.5 Å². The Hall–Kier alpha value is -2.54. The zero-order valence-corrected chi connectivity index (χ0v) is 12.9. The maximum Gasteiger partial charge on any atom is 0.234 e. The lowest BCUT2D eigenvalue weighted by molar-refractivity contribution is -0.113. The van der Waals surface area contributed by atoms with Gasteiger partial charge in [0.25, 0.3) is 0 Å². The second-order valence-electron chi connectivity index (χ2n) is 4.75. The third kappa shape index (κ3) is 4.01. The predicted molar refractivity (Wildman–Crippen MR) is 90.3 cm³/mol. The molecular weight excluding hydrogens is 315 g/mol. The molecule has 0 fully saturated rings. The lowest BCUT2D eigenvalue weighted by atomic mass is 10.2. The Kier molecular flexibility index (Phi) is 4.77. The molecular formula is C16H13FN4OS. The Labute approximate surface area is 136 Å². The van der Waals surface area contributed by atoms with Crippen LogP contribution in [0.15, 0.2) is 58.9 Å². The van der Waals surface area contributed by atoms with Gasteiger partial charge in [-0.2, -0.15) is 5.10 Å². The highest BCUT2D eigenvalue weighted by atomic mass is 32.2. The first kappa shape index (κ1) is 15.4. The molecule has 0 saturated carbocycles. The largest absolute Gasteiger partial charge is 0.325 e. The second kappa shape index (κ2) is 7.15. The van der Waals surface area contributed by atoms with Crippen LogP contribution in [0.3, 0.4) is 0 Å². The Morgan fingerprint density at radius 1 is 1.17 bits per heavy atom. The lowest BCUT2D eigenvalue weighted by Gasteiger charge is -2.04. The quantitative estimate of drug-likeness (QED) is 0.938. The van der Waals surface area contributed by atoms with Crippen molar-refractivity contribution in [1.82, 2.24) is 4.98 Å². The summed E-state index contributed by atoms with van der Waals surface area (Å²) in [5, 5.41) is 11.4. The number of halogens is 1. The third-order valence-corrected chi connectivity index (χ3v) is 4.03. The van der Waals surface area contributed by atoms with Crippen molar-refractivity contribution in [3.8, 4) is 0 Å². The van der Waals surface area contributed by atoms with E-state index in [2.05, 4.69) is 20.5 Å². The molecule has 0 saturated heterocycles. The molecule has 2 heterocycles. The maximum atomic E-state index is 13.7. The minimum absolute atomic E-state index is 0.124. The number of anilines is 1. The number of aromatic nitrogens is 1. The fourth-order valence-electron chi connectivity index (χ4n) is 2.01. The van der Waals surface area contributed by atoms with E-state index in [-0.39, 0.29) is 17.4 Å². The summed E-state index contributed by atoms with van der Waals surface area (Å²) in [6, 6.07) is 12.1. The van der Waals surface area contributed by atoms with Gasteiger partial charge in [-0.05, 0) is 24.3 Å². The zero-order valence-electron chi connectivity index (χ0n) is 12.1. The molecule has 5 nitrogen and oxygen atoms in total. The summed E-state index contributed by atoms with van der Waals surface area (Å²) < 4.78 is 13.7. The van der Waals surface area contributed by atoms with Crippen LogP contribution in [0.2, 0.25) is 0 Å². The predicted octanol–water partition coefficient (Wildman–Crippen LogP) is 3.10. The average Bonchev–Trinajstić information content (AvgIpc) is 3.03. The number of nitrogens with zero attached hydrogens (tertiary/aromatic N) is 3. The number of rotatable bonds is 4. The van der Waals surface area contributed by atoms with E-state index in [4.69, 9.17) is 0 Å². The summed E-state index contributed by atoms with van der Waals surface area (Å²) in [7, 11) is 0. The normalized spacial score (nSPS) is 13.4. The Morgan fingerprint density at radius 2 is 2.00 bits per heavy atom. The number of benzene rings is 1. The molecule has 1 aliphatic rings. The molecule has 0 bridgehead atoms. The molecule has 0 aliphatic carbocycles. The van der Waals surface area contributed by atoms with Gasteiger partial charge < -0.3 is 5.32 Å². The van der Waals surface area contributed by atoms with Gasteiger partial charge >= 0.3 is 0 Å². The number of carbonyl (C=O) groups excluding carboxylic acids is 1.